The van der Waals surface area contributed by atoms with Crippen molar-refractivity contribution in [2.75, 3.05) is 44.2 Å². The van der Waals surface area contributed by atoms with E-state index in [0.717, 1.165) is 25.9 Å². The van der Waals surface area contributed by atoms with Crippen LogP contribution in [0.5, 0.6) is 0 Å². The van der Waals surface area contributed by atoms with Gasteiger partial charge in [0.2, 0.25) is 5.91 Å². The number of anilines is 1. The van der Waals surface area contributed by atoms with Crippen LogP contribution >= 0.6 is 0 Å². The molecule has 2 fully saturated rings. The fourth-order valence-corrected chi connectivity index (χ4v) is 3.25. The zero-order valence-corrected chi connectivity index (χ0v) is 13.6. The molecule has 130 valence electrons. The van der Waals surface area contributed by atoms with Crippen molar-refractivity contribution in [2.45, 2.75) is 12.8 Å². The SMILES string of the molecule is O=C1CN(C(=O)NC[C@@H]2CCN(c3ccccc3F)C2)CCCN1. The summed E-state index contributed by atoms with van der Waals surface area (Å²) in [5.74, 6) is -0.0404. The highest BCUT2D eigenvalue weighted by atomic mass is 19.1. The number of rotatable bonds is 3. The maximum absolute atomic E-state index is 13.8. The van der Waals surface area contributed by atoms with Crippen molar-refractivity contribution < 1.29 is 14.0 Å². The molecule has 1 aromatic rings. The Kier molecular flexibility index (Phi) is 5.17. The standard InChI is InChI=1S/C17H23FN4O2/c18-14-4-1-2-5-15(14)21-9-6-13(11-21)10-20-17(24)22-8-3-7-19-16(23)12-22/h1-2,4-5,13H,3,6-12H2,(H,19,23)(H,20,24)/t13-/m0/s1. The van der Waals surface area contributed by atoms with Crippen LogP contribution in [-0.2, 0) is 4.79 Å². The molecule has 0 aromatic heterocycles. The largest absolute Gasteiger partial charge is 0.369 e. The van der Waals surface area contributed by atoms with Gasteiger partial charge < -0.3 is 20.4 Å². The van der Waals surface area contributed by atoms with Gasteiger partial charge in [-0.2, -0.15) is 0 Å². The highest BCUT2D eigenvalue weighted by molar-refractivity contribution is 5.84. The molecular weight excluding hydrogens is 311 g/mol. The molecule has 1 atom stereocenters. The summed E-state index contributed by atoms with van der Waals surface area (Å²) >= 11 is 0. The second-order valence-electron chi connectivity index (χ2n) is 6.36. The summed E-state index contributed by atoms with van der Waals surface area (Å²) in [6.07, 6.45) is 1.68. The molecule has 1 aromatic carbocycles. The molecule has 0 spiro atoms. The quantitative estimate of drug-likeness (QED) is 0.873. The van der Waals surface area contributed by atoms with E-state index < -0.39 is 0 Å². The Morgan fingerprint density at radius 2 is 2.17 bits per heavy atom. The van der Waals surface area contributed by atoms with Gasteiger partial charge in [-0.25, -0.2) is 9.18 Å². The van der Waals surface area contributed by atoms with Gasteiger partial charge >= 0.3 is 6.03 Å². The van der Waals surface area contributed by atoms with E-state index in [-0.39, 0.29) is 30.2 Å². The highest BCUT2D eigenvalue weighted by Gasteiger charge is 2.26. The van der Waals surface area contributed by atoms with Gasteiger partial charge in [0.15, 0.2) is 0 Å². The lowest BCUT2D eigenvalue weighted by molar-refractivity contribution is -0.121. The van der Waals surface area contributed by atoms with Gasteiger partial charge in [-0.1, -0.05) is 12.1 Å². The third kappa shape index (κ3) is 3.96. The van der Waals surface area contributed by atoms with Crippen LogP contribution in [0.15, 0.2) is 24.3 Å². The Morgan fingerprint density at radius 1 is 1.33 bits per heavy atom. The molecular formula is C17H23FN4O2. The number of hydrogen-bond acceptors (Lipinski definition) is 3. The fraction of sp³-hybridized carbons (Fsp3) is 0.529. The van der Waals surface area contributed by atoms with Crippen LogP contribution in [0.4, 0.5) is 14.9 Å². The first-order chi connectivity index (χ1) is 11.6. The van der Waals surface area contributed by atoms with Gasteiger partial charge in [0.25, 0.3) is 0 Å². The maximum Gasteiger partial charge on any atom is 0.317 e. The molecule has 0 saturated carbocycles. The summed E-state index contributed by atoms with van der Waals surface area (Å²) in [6, 6.07) is 6.57. The summed E-state index contributed by atoms with van der Waals surface area (Å²) < 4.78 is 13.8. The van der Waals surface area contributed by atoms with Crippen molar-refractivity contribution in [3.8, 4) is 0 Å². The molecule has 0 aliphatic carbocycles. The minimum atomic E-state index is -0.210. The van der Waals surface area contributed by atoms with E-state index in [1.807, 2.05) is 11.0 Å². The van der Waals surface area contributed by atoms with Gasteiger partial charge in [0.1, 0.15) is 12.4 Å². The number of amides is 3. The molecule has 7 heteroatoms. The zero-order chi connectivity index (χ0) is 16.9. The van der Waals surface area contributed by atoms with E-state index in [1.54, 1.807) is 17.0 Å². The van der Waals surface area contributed by atoms with Crippen LogP contribution in [-0.4, -0.2) is 56.1 Å². The minimum Gasteiger partial charge on any atom is -0.369 e. The number of benzene rings is 1. The van der Waals surface area contributed by atoms with Gasteiger partial charge in [-0.05, 0) is 30.9 Å². The average molecular weight is 334 g/mol. The molecule has 0 bridgehead atoms. The van der Waals surface area contributed by atoms with Crippen LogP contribution in [0.3, 0.4) is 0 Å². The molecule has 3 amide bonds. The Hall–Kier alpha value is -2.31. The number of para-hydroxylation sites is 1. The van der Waals surface area contributed by atoms with Crippen LogP contribution in [0, 0.1) is 11.7 Å². The summed E-state index contributed by atoms with van der Waals surface area (Å²) in [5, 5.41) is 5.67. The summed E-state index contributed by atoms with van der Waals surface area (Å²) in [7, 11) is 0. The number of halogens is 1. The van der Waals surface area contributed by atoms with E-state index >= 15 is 0 Å². The van der Waals surface area contributed by atoms with Gasteiger partial charge in [-0.3, -0.25) is 4.79 Å². The first-order valence-corrected chi connectivity index (χ1v) is 8.42. The minimum absolute atomic E-state index is 0.109. The number of nitrogens with one attached hydrogen (secondary N) is 2. The predicted molar refractivity (Wildman–Crippen MR) is 89.3 cm³/mol. The van der Waals surface area contributed by atoms with E-state index in [2.05, 4.69) is 10.6 Å². The first kappa shape index (κ1) is 16.5. The second-order valence-corrected chi connectivity index (χ2v) is 6.36. The lowest BCUT2D eigenvalue weighted by Gasteiger charge is -2.22. The summed E-state index contributed by atoms with van der Waals surface area (Å²) in [4.78, 5) is 27.3. The van der Waals surface area contributed by atoms with Crippen molar-refractivity contribution in [3.63, 3.8) is 0 Å². The number of urea groups is 1. The lowest BCUT2D eigenvalue weighted by Crippen LogP contribution is -2.45. The molecule has 0 radical (unpaired) electrons. The van der Waals surface area contributed by atoms with Crippen molar-refractivity contribution in [1.29, 1.82) is 0 Å². The Morgan fingerprint density at radius 3 is 3.00 bits per heavy atom. The summed E-state index contributed by atoms with van der Waals surface area (Å²) in [5.41, 5.74) is 0.621. The highest BCUT2D eigenvalue weighted by Crippen LogP contribution is 2.25. The van der Waals surface area contributed by atoms with E-state index in [9.17, 15) is 14.0 Å². The number of carbonyl (C=O) groups excluding carboxylic acids is 2. The zero-order valence-electron chi connectivity index (χ0n) is 13.6. The number of nitrogens with zero attached hydrogens (tertiary/aromatic N) is 2. The third-order valence-corrected chi connectivity index (χ3v) is 4.57. The summed E-state index contributed by atoms with van der Waals surface area (Å²) in [6.45, 7) is 3.36. The normalized spacial score (nSPS) is 21.4. The van der Waals surface area contributed by atoms with Crippen molar-refractivity contribution >= 4 is 17.6 Å². The Labute approximate surface area is 141 Å². The molecule has 2 aliphatic heterocycles. The van der Waals surface area contributed by atoms with Crippen LogP contribution < -0.4 is 15.5 Å². The number of carbonyl (C=O) groups is 2. The lowest BCUT2D eigenvalue weighted by atomic mass is 10.1. The van der Waals surface area contributed by atoms with Gasteiger partial charge in [0, 0.05) is 32.7 Å². The Balaban J connectivity index is 1.48. The van der Waals surface area contributed by atoms with Crippen LogP contribution in [0.25, 0.3) is 0 Å². The monoisotopic (exact) mass is 334 g/mol. The molecule has 2 aliphatic rings. The topological polar surface area (TPSA) is 64.7 Å². The molecule has 2 heterocycles. The van der Waals surface area contributed by atoms with E-state index in [1.165, 1.54) is 6.07 Å². The van der Waals surface area contributed by atoms with Crippen LogP contribution in [0.2, 0.25) is 0 Å². The third-order valence-electron chi connectivity index (χ3n) is 4.57. The van der Waals surface area contributed by atoms with Crippen molar-refractivity contribution in [1.82, 2.24) is 15.5 Å². The van der Waals surface area contributed by atoms with E-state index in [0.29, 0.717) is 25.3 Å². The van der Waals surface area contributed by atoms with Crippen molar-refractivity contribution in [2.24, 2.45) is 5.92 Å². The molecule has 6 nitrogen and oxygen atoms in total. The average Bonchev–Trinajstić information content (AvgIpc) is 2.93. The van der Waals surface area contributed by atoms with Gasteiger partial charge in [-0.15, -0.1) is 0 Å². The molecule has 0 unspecified atom stereocenters. The smallest absolute Gasteiger partial charge is 0.317 e. The molecule has 2 saturated heterocycles. The maximum atomic E-state index is 13.8. The predicted octanol–water partition coefficient (Wildman–Crippen LogP) is 1.18. The molecule has 3 rings (SSSR count). The first-order valence-electron chi connectivity index (χ1n) is 8.42. The number of hydrogen-bond donors (Lipinski definition) is 2. The fourth-order valence-electron chi connectivity index (χ4n) is 3.25. The molecule has 24 heavy (non-hydrogen) atoms. The van der Waals surface area contributed by atoms with Gasteiger partial charge in [0.05, 0.1) is 5.69 Å². The molecule has 2 N–H and O–H groups in total. The second kappa shape index (κ2) is 7.51. The van der Waals surface area contributed by atoms with Crippen molar-refractivity contribution in [3.05, 3.63) is 30.1 Å². The van der Waals surface area contributed by atoms with E-state index in [4.69, 9.17) is 0 Å². The Bertz CT molecular complexity index is 610. The van der Waals surface area contributed by atoms with Crippen LogP contribution in [0.1, 0.15) is 12.8 Å².